The Hall–Kier alpha value is -2.75. The largest absolute Gasteiger partial charge is 0.437 e. The van der Waals surface area contributed by atoms with E-state index in [2.05, 4.69) is 25.6 Å². The first-order valence-corrected chi connectivity index (χ1v) is 13.7. The molecular weight excluding hydrogens is 560 g/mol. The Morgan fingerprint density at radius 2 is 2.03 bits per heavy atom. The van der Waals surface area contributed by atoms with Crippen LogP contribution in [-0.2, 0) is 10.0 Å². The lowest BCUT2D eigenvalue weighted by Crippen LogP contribution is -2.44. The summed E-state index contributed by atoms with van der Waals surface area (Å²) < 4.78 is 82.3. The number of aromatic nitrogens is 3. The van der Waals surface area contributed by atoms with Crippen LogP contribution in [0.1, 0.15) is 11.4 Å². The van der Waals surface area contributed by atoms with Gasteiger partial charge in [0.2, 0.25) is 21.9 Å². The molecule has 9 nitrogen and oxygen atoms in total. The smallest absolute Gasteiger partial charge is 0.404 e. The number of ether oxygens (including phenoxy) is 1. The second-order valence-corrected chi connectivity index (χ2v) is 11.5. The Kier molecular flexibility index (Phi) is 8.06. The quantitative estimate of drug-likeness (QED) is 0.326. The average molecular weight is 581 g/mol. The molecule has 3 heterocycles. The molecule has 1 aromatic carbocycles. The van der Waals surface area contributed by atoms with Gasteiger partial charge in [-0.2, -0.15) is 13.2 Å². The van der Waals surface area contributed by atoms with Gasteiger partial charge in [0.15, 0.2) is 5.75 Å². The van der Waals surface area contributed by atoms with E-state index in [-0.39, 0.29) is 28.4 Å². The van der Waals surface area contributed by atoms with Crippen molar-refractivity contribution in [3.63, 3.8) is 0 Å². The highest BCUT2D eigenvalue weighted by Crippen LogP contribution is 2.38. The van der Waals surface area contributed by atoms with E-state index in [1.165, 1.54) is 29.5 Å². The molecule has 0 amide bonds. The second kappa shape index (κ2) is 10.9. The summed E-state index contributed by atoms with van der Waals surface area (Å²) in [4.78, 5) is 13.6. The Morgan fingerprint density at radius 1 is 1.24 bits per heavy atom. The summed E-state index contributed by atoms with van der Waals surface area (Å²) in [5.74, 6) is -1.37. The van der Waals surface area contributed by atoms with Gasteiger partial charge in [-0.1, -0.05) is 11.6 Å². The number of halogens is 5. The number of alkyl halides is 4. The molecule has 2 aromatic heterocycles. The van der Waals surface area contributed by atoms with Crippen LogP contribution in [-0.4, -0.2) is 60.6 Å². The monoisotopic (exact) mass is 580 g/mol. The Bertz CT molecular complexity index is 1370. The summed E-state index contributed by atoms with van der Waals surface area (Å²) in [6.07, 6.45) is -3.99. The lowest BCUT2D eigenvalue weighted by Gasteiger charge is -2.26. The number of rotatable bonds is 8. The molecule has 200 valence electrons. The highest BCUT2D eigenvalue weighted by molar-refractivity contribution is 7.92. The van der Waals surface area contributed by atoms with Crippen LogP contribution in [0.25, 0.3) is 10.6 Å². The van der Waals surface area contributed by atoms with E-state index in [4.69, 9.17) is 16.3 Å². The predicted molar refractivity (Wildman–Crippen MR) is 133 cm³/mol. The van der Waals surface area contributed by atoms with E-state index >= 15 is 0 Å². The first kappa shape index (κ1) is 27.3. The van der Waals surface area contributed by atoms with Gasteiger partial charge < -0.3 is 15.4 Å². The van der Waals surface area contributed by atoms with Gasteiger partial charge in [0.25, 0.3) is 0 Å². The highest BCUT2D eigenvalue weighted by atomic mass is 35.5. The molecule has 16 heteroatoms. The molecule has 4 rings (SSSR count). The molecular formula is C21H21ClF4N6O3S2. The first-order chi connectivity index (χ1) is 17.4. The summed E-state index contributed by atoms with van der Waals surface area (Å²) >= 11 is 7.40. The molecule has 1 fully saturated rings. The molecule has 3 aromatic rings. The van der Waals surface area contributed by atoms with Crippen LogP contribution in [0.3, 0.4) is 0 Å². The third-order valence-electron chi connectivity index (χ3n) is 5.00. The van der Waals surface area contributed by atoms with Crippen molar-refractivity contribution in [2.45, 2.75) is 31.7 Å². The first-order valence-electron chi connectivity index (χ1n) is 10.8. The fraction of sp³-hybridized carbons (Fsp3) is 0.381. The molecule has 37 heavy (non-hydrogen) atoms. The minimum absolute atomic E-state index is 0.169. The van der Waals surface area contributed by atoms with Gasteiger partial charge >= 0.3 is 6.18 Å². The van der Waals surface area contributed by atoms with Crippen molar-refractivity contribution < 1.29 is 30.7 Å². The summed E-state index contributed by atoms with van der Waals surface area (Å²) in [5, 5.41) is 6.62. The van der Waals surface area contributed by atoms with Crippen molar-refractivity contribution in [1.82, 2.24) is 20.3 Å². The van der Waals surface area contributed by atoms with Crippen molar-refractivity contribution in [3.05, 3.63) is 40.5 Å². The highest BCUT2D eigenvalue weighted by Gasteiger charge is 2.35. The predicted octanol–water partition coefficient (Wildman–Crippen LogP) is 4.77. The molecule has 3 N–H and O–H groups in total. The number of thiazole rings is 1. The van der Waals surface area contributed by atoms with Crippen molar-refractivity contribution in [2.75, 3.05) is 28.9 Å². The fourth-order valence-electron chi connectivity index (χ4n) is 3.55. The maximum Gasteiger partial charge on any atom is 0.404 e. The number of aryl methyl sites for hydroxylation is 1. The number of anilines is 2. The average Bonchev–Trinajstić information content (AvgIpc) is 3.14. The van der Waals surface area contributed by atoms with E-state index in [1.54, 1.807) is 19.2 Å². The van der Waals surface area contributed by atoms with E-state index in [0.717, 1.165) is 0 Å². The number of hydrogen-bond donors (Lipinski definition) is 3. The third kappa shape index (κ3) is 7.63. The zero-order valence-electron chi connectivity index (χ0n) is 19.1. The topological polar surface area (TPSA) is 118 Å². The Morgan fingerprint density at radius 3 is 2.73 bits per heavy atom. The molecule has 0 bridgehead atoms. The number of nitrogens with zero attached hydrogens (tertiary/aromatic N) is 3. The summed E-state index contributed by atoms with van der Waals surface area (Å²) in [6, 6.07) is 5.27. The second-order valence-electron chi connectivity index (χ2n) is 8.19. The number of nitrogens with one attached hydrogen (secondary N) is 3. The molecule has 0 radical (unpaired) electrons. The van der Waals surface area contributed by atoms with Crippen LogP contribution in [0.15, 0.2) is 30.5 Å². The van der Waals surface area contributed by atoms with Gasteiger partial charge in [-0.15, -0.1) is 11.3 Å². The van der Waals surface area contributed by atoms with Gasteiger partial charge in [0, 0.05) is 37.8 Å². The molecule has 0 aliphatic carbocycles. The zero-order chi connectivity index (χ0) is 26.8. The van der Waals surface area contributed by atoms with Crippen LogP contribution in [0, 0.1) is 6.92 Å². The van der Waals surface area contributed by atoms with Gasteiger partial charge in [-0.3, -0.25) is 4.72 Å². The minimum atomic E-state index is -4.90. The fourth-order valence-corrected chi connectivity index (χ4v) is 5.66. The Balaban J connectivity index is 1.51. The maximum absolute atomic E-state index is 13.7. The van der Waals surface area contributed by atoms with Crippen LogP contribution in [0.4, 0.5) is 29.2 Å². The maximum atomic E-state index is 13.7. The molecule has 0 saturated carbocycles. The van der Waals surface area contributed by atoms with E-state index in [9.17, 15) is 26.0 Å². The minimum Gasteiger partial charge on any atom is -0.437 e. The summed E-state index contributed by atoms with van der Waals surface area (Å²) in [5.41, 5.74) is 0.272. The molecule has 0 unspecified atom stereocenters. The lowest BCUT2D eigenvalue weighted by atomic mass is 10.1. The Labute approximate surface area is 218 Å². The molecule has 2 atom stereocenters. The molecule has 1 saturated heterocycles. The van der Waals surface area contributed by atoms with Gasteiger partial charge in [-0.25, -0.2) is 27.8 Å². The standard InChI is InChI=1S/C21H21ClF4N6O3S2/c1-11-29-19(35-14-2-3-16(15(22)7-14)32-37(33,34)10-21(24,25)26)18(36-11)17-4-5-28-20(31-17)30-13-6-12(23)8-27-9-13/h2-5,7,12-13,27,32H,6,8-10H2,1H3,(H,28,30,31)/t12-,13-/m0/s1. The summed E-state index contributed by atoms with van der Waals surface area (Å²) in [7, 11) is -4.70. The SMILES string of the molecule is Cc1nc(Oc2ccc(NS(=O)(=O)CC(F)(F)F)c(Cl)c2)c(-c2ccnc(N[C@@H]3CNC[C@@H](F)C3)n2)s1. The molecule has 1 aliphatic rings. The third-order valence-corrected chi connectivity index (χ3v) is 7.52. The number of piperidine rings is 1. The van der Waals surface area contributed by atoms with Crippen molar-refractivity contribution >= 4 is 44.6 Å². The van der Waals surface area contributed by atoms with Gasteiger partial charge in [0.1, 0.15) is 16.8 Å². The van der Waals surface area contributed by atoms with Crippen molar-refractivity contribution in [3.8, 4) is 22.2 Å². The van der Waals surface area contributed by atoms with Gasteiger partial charge in [-0.05, 0) is 25.1 Å². The number of sulfonamides is 1. The van der Waals surface area contributed by atoms with E-state index in [0.29, 0.717) is 41.0 Å². The van der Waals surface area contributed by atoms with Gasteiger partial charge in [0.05, 0.1) is 21.4 Å². The van der Waals surface area contributed by atoms with E-state index in [1.807, 2.05) is 4.72 Å². The zero-order valence-corrected chi connectivity index (χ0v) is 21.5. The van der Waals surface area contributed by atoms with Crippen molar-refractivity contribution in [1.29, 1.82) is 0 Å². The lowest BCUT2D eigenvalue weighted by molar-refractivity contribution is -0.106. The van der Waals surface area contributed by atoms with Crippen molar-refractivity contribution in [2.24, 2.45) is 0 Å². The summed E-state index contributed by atoms with van der Waals surface area (Å²) in [6.45, 7) is 2.65. The van der Waals surface area contributed by atoms with Crippen LogP contribution >= 0.6 is 22.9 Å². The van der Waals surface area contributed by atoms with Crippen LogP contribution < -0.4 is 20.1 Å². The normalized spacial score (nSPS) is 18.4. The number of hydrogen-bond acceptors (Lipinski definition) is 9. The van der Waals surface area contributed by atoms with E-state index < -0.39 is 28.1 Å². The van der Waals surface area contributed by atoms with Crippen LogP contribution in [0.2, 0.25) is 5.02 Å². The number of benzene rings is 1. The molecule has 1 aliphatic heterocycles. The van der Waals surface area contributed by atoms with Crippen LogP contribution in [0.5, 0.6) is 11.6 Å². The molecule has 0 spiro atoms.